The van der Waals surface area contributed by atoms with E-state index in [1.165, 1.54) is 33.5 Å². The van der Waals surface area contributed by atoms with Crippen molar-refractivity contribution in [1.82, 2.24) is 0 Å². The standard InChI is InChI=1S/C15H14FNO5/c1-20-13-7-6-11(14(21-2)15(13)22-3)10-5-4-9(17(18)19)8-12(10)16/h4-8H,1-3H3. The second kappa shape index (κ2) is 6.30. The molecular weight excluding hydrogens is 293 g/mol. The summed E-state index contributed by atoms with van der Waals surface area (Å²) in [6, 6.07) is 6.64. The first-order valence-corrected chi connectivity index (χ1v) is 6.26. The van der Waals surface area contributed by atoms with Gasteiger partial charge in [-0.05, 0) is 18.2 Å². The van der Waals surface area contributed by atoms with Crippen molar-refractivity contribution in [3.8, 4) is 28.4 Å². The molecule has 0 aromatic heterocycles. The average Bonchev–Trinajstić information content (AvgIpc) is 2.53. The number of halogens is 1. The third-order valence-electron chi connectivity index (χ3n) is 3.16. The minimum atomic E-state index is -0.722. The van der Waals surface area contributed by atoms with E-state index in [2.05, 4.69) is 0 Å². The van der Waals surface area contributed by atoms with E-state index >= 15 is 0 Å². The second-order valence-electron chi connectivity index (χ2n) is 4.30. The molecular formula is C15H14FNO5. The highest BCUT2D eigenvalue weighted by Crippen LogP contribution is 2.45. The summed E-state index contributed by atoms with van der Waals surface area (Å²) in [7, 11) is 4.34. The average molecular weight is 307 g/mol. The Balaban J connectivity index is 2.65. The van der Waals surface area contributed by atoms with Gasteiger partial charge in [-0.1, -0.05) is 0 Å². The van der Waals surface area contributed by atoms with Crippen LogP contribution in [0.4, 0.5) is 10.1 Å². The predicted octanol–water partition coefficient (Wildman–Crippen LogP) is 3.43. The third-order valence-corrected chi connectivity index (χ3v) is 3.16. The summed E-state index contributed by atoms with van der Waals surface area (Å²) in [6.45, 7) is 0. The lowest BCUT2D eigenvalue weighted by molar-refractivity contribution is -0.385. The number of nitro benzene ring substituents is 1. The topological polar surface area (TPSA) is 70.8 Å². The molecule has 0 N–H and O–H groups in total. The normalized spacial score (nSPS) is 10.2. The Morgan fingerprint density at radius 2 is 1.59 bits per heavy atom. The molecule has 0 saturated carbocycles. The molecule has 0 amide bonds. The molecule has 0 heterocycles. The lowest BCUT2D eigenvalue weighted by Crippen LogP contribution is -1.98. The van der Waals surface area contributed by atoms with Crippen LogP contribution in [0, 0.1) is 15.9 Å². The maximum atomic E-state index is 14.2. The molecule has 0 aliphatic rings. The van der Waals surface area contributed by atoms with Gasteiger partial charge in [0.15, 0.2) is 11.5 Å². The molecule has 0 aliphatic carbocycles. The number of ether oxygens (including phenoxy) is 3. The fourth-order valence-corrected chi connectivity index (χ4v) is 2.15. The Morgan fingerprint density at radius 1 is 0.955 bits per heavy atom. The fourth-order valence-electron chi connectivity index (χ4n) is 2.15. The highest BCUT2D eigenvalue weighted by molar-refractivity contribution is 5.77. The Labute approximate surface area is 126 Å². The molecule has 0 fully saturated rings. The number of benzene rings is 2. The van der Waals surface area contributed by atoms with E-state index in [1.54, 1.807) is 12.1 Å². The van der Waals surface area contributed by atoms with Gasteiger partial charge in [0, 0.05) is 17.2 Å². The first kappa shape index (κ1) is 15.6. The van der Waals surface area contributed by atoms with Crippen LogP contribution in [0.2, 0.25) is 0 Å². The third kappa shape index (κ3) is 2.65. The van der Waals surface area contributed by atoms with Crippen molar-refractivity contribution in [3.05, 3.63) is 46.3 Å². The summed E-state index contributed by atoms with van der Waals surface area (Å²) < 4.78 is 29.9. The second-order valence-corrected chi connectivity index (χ2v) is 4.30. The Hall–Kier alpha value is -2.83. The minimum absolute atomic E-state index is 0.170. The molecule has 0 saturated heterocycles. The van der Waals surface area contributed by atoms with Crippen LogP contribution in [0.3, 0.4) is 0 Å². The molecule has 2 aromatic rings. The van der Waals surface area contributed by atoms with E-state index in [9.17, 15) is 14.5 Å². The van der Waals surface area contributed by atoms with Gasteiger partial charge in [-0.25, -0.2) is 4.39 Å². The summed E-state index contributed by atoms with van der Waals surface area (Å²) in [4.78, 5) is 10.0. The molecule has 7 heteroatoms. The highest BCUT2D eigenvalue weighted by atomic mass is 19.1. The summed E-state index contributed by atoms with van der Waals surface area (Å²) in [5.41, 5.74) is 0.261. The van der Waals surface area contributed by atoms with Gasteiger partial charge in [-0.15, -0.1) is 0 Å². The minimum Gasteiger partial charge on any atom is -0.493 e. The van der Waals surface area contributed by atoms with Crippen molar-refractivity contribution in [3.63, 3.8) is 0 Å². The number of hydrogen-bond donors (Lipinski definition) is 0. The van der Waals surface area contributed by atoms with Crippen LogP contribution in [0.1, 0.15) is 0 Å². The van der Waals surface area contributed by atoms with Gasteiger partial charge in [0.1, 0.15) is 5.82 Å². The van der Waals surface area contributed by atoms with Crippen LogP contribution in [-0.2, 0) is 0 Å². The molecule has 0 spiro atoms. The van der Waals surface area contributed by atoms with Crippen LogP contribution < -0.4 is 14.2 Å². The number of nitro groups is 1. The zero-order valence-electron chi connectivity index (χ0n) is 12.3. The molecule has 2 rings (SSSR count). The number of hydrogen-bond acceptors (Lipinski definition) is 5. The summed E-state index contributed by atoms with van der Waals surface area (Å²) in [5.74, 6) is 0.319. The van der Waals surface area contributed by atoms with Gasteiger partial charge in [0.25, 0.3) is 5.69 Å². The van der Waals surface area contributed by atoms with E-state index in [4.69, 9.17) is 14.2 Å². The molecule has 0 radical (unpaired) electrons. The van der Waals surface area contributed by atoms with E-state index < -0.39 is 10.7 Å². The maximum Gasteiger partial charge on any atom is 0.272 e. The van der Waals surface area contributed by atoms with Crippen LogP contribution in [0.5, 0.6) is 17.2 Å². The van der Waals surface area contributed by atoms with Gasteiger partial charge < -0.3 is 14.2 Å². The Kier molecular flexibility index (Phi) is 4.45. The maximum absolute atomic E-state index is 14.2. The first-order valence-electron chi connectivity index (χ1n) is 6.26. The van der Waals surface area contributed by atoms with Gasteiger partial charge in [-0.3, -0.25) is 10.1 Å². The largest absolute Gasteiger partial charge is 0.493 e. The molecule has 2 aromatic carbocycles. The van der Waals surface area contributed by atoms with E-state index in [1.807, 2.05) is 0 Å². The van der Waals surface area contributed by atoms with Crippen LogP contribution in [0.15, 0.2) is 30.3 Å². The number of non-ortho nitro benzene ring substituents is 1. The van der Waals surface area contributed by atoms with Gasteiger partial charge in [0.05, 0.1) is 32.3 Å². The Morgan fingerprint density at radius 3 is 2.09 bits per heavy atom. The number of nitrogens with zero attached hydrogens (tertiary/aromatic N) is 1. The zero-order chi connectivity index (χ0) is 16.3. The van der Waals surface area contributed by atoms with Gasteiger partial charge in [-0.2, -0.15) is 0 Å². The van der Waals surface area contributed by atoms with Crippen LogP contribution in [0.25, 0.3) is 11.1 Å². The molecule has 22 heavy (non-hydrogen) atoms. The van der Waals surface area contributed by atoms with Crippen molar-refractivity contribution in [2.75, 3.05) is 21.3 Å². The van der Waals surface area contributed by atoms with Crippen molar-refractivity contribution >= 4 is 5.69 Å². The highest BCUT2D eigenvalue weighted by Gasteiger charge is 2.20. The van der Waals surface area contributed by atoms with E-state index in [0.717, 1.165) is 6.07 Å². The van der Waals surface area contributed by atoms with Crippen molar-refractivity contribution in [1.29, 1.82) is 0 Å². The number of rotatable bonds is 5. The molecule has 0 aliphatic heterocycles. The van der Waals surface area contributed by atoms with E-state index in [0.29, 0.717) is 17.1 Å². The van der Waals surface area contributed by atoms with Crippen LogP contribution >= 0.6 is 0 Å². The fraction of sp³-hybridized carbons (Fsp3) is 0.200. The van der Waals surface area contributed by atoms with Crippen LogP contribution in [-0.4, -0.2) is 26.3 Å². The molecule has 116 valence electrons. The van der Waals surface area contributed by atoms with Gasteiger partial charge in [0.2, 0.25) is 5.75 Å². The molecule has 0 atom stereocenters. The lowest BCUT2D eigenvalue weighted by atomic mass is 10.0. The van der Waals surface area contributed by atoms with Crippen molar-refractivity contribution in [2.45, 2.75) is 0 Å². The zero-order valence-corrected chi connectivity index (χ0v) is 12.3. The summed E-state index contributed by atoms with van der Waals surface area (Å²) in [5, 5.41) is 10.7. The monoisotopic (exact) mass is 307 g/mol. The Bertz CT molecular complexity index is 717. The summed E-state index contributed by atoms with van der Waals surface area (Å²) >= 11 is 0. The SMILES string of the molecule is COc1ccc(-c2ccc([N+](=O)[O-])cc2F)c(OC)c1OC. The molecule has 6 nitrogen and oxygen atoms in total. The smallest absolute Gasteiger partial charge is 0.272 e. The number of methoxy groups -OCH3 is 3. The first-order chi connectivity index (χ1) is 10.5. The van der Waals surface area contributed by atoms with Crippen molar-refractivity contribution in [2.24, 2.45) is 0 Å². The molecule has 0 unspecified atom stereocenters. The predicted molar refractivity (Wildman–Crippen MR) is 78.1 cm³/mol. The quantitative estimate of drug-likeness (QED) is 0.625. The molecule has 0 bridgehead atoms. The lowest BCUT2D eigenvalue weighted by Gasteiger charge is -2.16. The van der Waals surface area contributed by atoms with E-state index in [-0.39, 0.29) is 17.0 Å². The summed E-state index contributed by atoms with van der Waals surface area (Å²) in [6.07, 6.45) is 0. The van der Waals surface area contributed by atoms with Crippen molar-refractivity contribution < 1.29 is 23.5 Å². The van der Waals surface area contributed by atoms with Gasteiger partial charge >= 0.3 is 0 Å².